The highest BCUT2D eigenvalue weighted by atomic mass is 16.1. The number of carbonyl (C=O) groups excluding carboxylic acids is 2. The van der Waals surface area contributed by atoms with Crippen molar-refractivity contribution in [3.8, 4) is 0 Å². The summed E-state index contributed by atoms with van der Waals surface area (Å²) in [4.78, 5) is 35.3. The summed E-state index contributed by atoms with van der Waals surface area (Å²) in [5, 5.41) is 0. The summed E-state index contributed by atoms with van der Waals surface area (Å²) in [6.45, 7) is 0. The standard InChI is InChI=1S/C8H4N4O2/c13-4-5-3-11-8(12-5)6(14)7-9-1-2-10-7/h1-3H,(H,9,10). The first-order chi connectivity index (χ1) is 6.81. The van der Waals surface area contributed by atoms with E-state index in [0.717, 1.165) is 0 Å². The summed E-state index contributed by atoms with van der Waals surface area (Å²) >= 11 is 0. The lowest BCUT2D eigenvalue weighted by molar-refractivity contribution is 0.105. The molecule has 0 amide bonds. The molecule has 6 heteroatoms. The molecule has 1 aliphatic heterocycles. The third-order valence-electron chi connectivity index (χ3n) is 1.56. The van der Waals surface area contributed by atoms with E-state index in [1.54, 1.807) is 5.94 Å². The highest BCUT2D eigenvalue weighted by Gasteiger charge is 2.19. The maximum atomic E-state index is 11.5. The first-order valence-electron chi connectivity index (χ1n) is 3.73. The van der Waals surface area contributed by atoms with Crippen LogP contribution in [0.15, 0.2) is 28.1 Å². The fourth-order valence-electron chi connectivity index (χ4n) is 0.948. The van der Waals surface area contributed by atoms with Crippen molar-refractivity contribution in [3.05, 3.63) is 23.9 Å². The lowest BCUT2D eigenvalue weighted by Crippen LogP contribution is -2.11. The number of Topliss-reactive ketones (excluding diaryl/α,β-unsaturated/α-hetero) is 1. The van der Waals surface area contributed by atoms with Gasteiger partial charge in [-0.15, -0.1) is 0 Å². The number of nitrogens with zero attached hydrogens (tertiary/aromatic N) is 3. The number of hydrogen-bond donors (Lipinski definition) is 1. The van der Waals surface area contributed by atoms with Gasteiger partial charge in [0.25, 0.3) is 5.78 Å². The molecule has 0 unspecified atom stereocenters. The molecule has 68 valence electrons. The third-order valence-corrected chi connectivity index (χ3v) is 1.56. The van der Waals surface area contributed by atoms with Gasteiger partial charge in [-0.05, 0) is 0 Å². The minimum atomic E-state index is -0.448. The molecule has 0 atom stereocenters. The largest absolute Gasteiger partial charge is 0.342 e. The predicted molar refractivity (Wildman–Crippen MR) is 48.1 cm³/mol. The van der Waals surface area contributed by atoms with Crippen LogP contribution in [0.3, 0.4) is 0 Å². The number of ketones is 1. The van der Waals surface area contributed by atoms with Crippen LogP contribution in [-0.2, 0) is 4.79 Å². The molecule has 1 aromatic heterocycles. The van der Waals surface area contributed by atoms with E-state index in [1.165, 1.54) is 18.6 Å². The number of aromatic amines is 1. The number of nitrogens with one attached hydrogen (secondary N) is 1. The quantitative estimate of drug-likeness (QED) is 0.514. The van der Waals surface area contributed by atoms with E-state index < -0.39 is 5.78 Å². The van der Waals surface area contributed by atoms with Crippen LogP contribution in [0.25, 0.3) is 0 Å². The fourth-order valence-corrected chi connectivity index (χ4v) is 0.948. The molecule has 1 aliphatic rings. The minimum Gasteiger partial charge on any atom is -0.342 e. The van der Waals surface area contributed by atoms with E-state index in [2.05, 4.69) is 20.0 Å². The van der Waals surface area contributed by atoms with Gasteiger partial charge in [-0.3, -0.25) is 4.79 Å². The second-order valence-corrected chi connectivity index (χ2v) is 2.45. The smallest absolute Gasteiger partial charge is 0.265 e. The Balaban J connectivity index is 2.32. The van der Waals surface area contributed by atoms with Crippen LogP contribution < -0.4 is 0 Å². The maximum Gasteiger partial charge on any atom is 0.265 e. The Morgan fingerprint density at radius 3 is 2.93 bits per heavy atom. The van der Waals surface area contributed by atoms with Crippen molar-refractivity contribution in [1.82, 2.24) is 9.97 Å². The number of aliphatic imine (C=N–C) groups is 2. The second kappa shape index (κ2) is 3.20. The summed E-state index contributed by atoms with van der Waals surface area (Å²) in [5.74, 6) is 1.18. The van der Waals surface area contributed by atoms with E-state index in [0.29, 0.717) is 0 Å². The van der Waals surface area contributed by atoms with Gasteiger partial charge in [-0.2, -0.15) is 0 Å². The highest BCUT2D eigenvalue weighted by Crippen LogP contribution is 2.04. The van der Waals surface area contributed by atoms with Gasteiger partial charge in [0.1, 0.15) is 0 Å². The summed E-state index contributed by atoms with van der Waals surface area (Å²) in [6.07, 6.45) is 4.15. The van der Waals surface area contributed by atoms with Gasteiger partial charge in [0.15, 0.2) is 17.5 Å². The van der Waals surface area contributed by atoms with Gasteiger partial charge in [-0.25, -0.2) is 19.8 Å². The molecule has 1 aromatic rings. The van der Waals surface area contributed by atoms with Gasteiger partial charge in [0, 0.05) is 12.4 Å². The molecule has 14 heavy (non-hydrogen) atoms. The van der Waals surface area contributed by atoms with E-state index >= 15 is 0 Å². The summed E-state index contributed by atoms with van der Waals surface area (Å²) < 4.78 is 0. The Morgan fingerprint density at radius 2 is 2.36 bits per heavy atom. The average Bonchev–Trinajstić information content (AvgIpc) is 2.88. The Labute approximate surface area is 78.1 Å². The van der Waals surface area contributed by atoms with Crippen LogP contribution in [0, 0.1) is 0 Å². The van der Waals surface area contributed by atoms with Crippen LogP contribution in [-0.4, -0.2) is 33.7 Å². The highest BCUT2D eigenvalue weighted by molar-refractivity contribution is 6.47. The first-order valence-corrected chi connectivity index (χ1v) is 3.73. The van der Waals surface area contributed by atoms with Gasteiger partial charge < -0.3 is 4.98 Å². The Bertz CT molecular complexity index is 477. The number of hydrogen-bond acceptors (Lipinski definition) is 5. The van der Waals surface area contributed by atoms with Crippen LogP contribution >= 0.6 is 0 Å². The molecule has 0 bridgehead atoms. The molecule has 0 spiro atoms. The SMILES string of the molecule is O=C=C1C=NC(C(=O)c2ncc[nH]2)=N1. The molecular weight excluding hydrogens is 184 g/mol. The molecule has 2 rings (SSSR count). The van der Waals surface area contributed by atoms with Crippen LogP contribution in [0.5, 0.6) is 0 Å². The van der Waals surface area contributed by atoms with Crippen molar-refractivity contribution in [3.63, 3.8) is 0 Å². The number of allylic oxidation sites excluding steroid dienone is 1. The van der Waals surface area contributed by atoms with Crippen LogP contribution in [0.1, 0.15) is 10.6 Å². The van der Waals surface area contributed by atoms with E-state index in [9.17, 15) is 9.59 Å². The first kappa shape index (κ1) is 8.28. The van der Waals surface area contributed by atoms with Gasteiger partial charge in [0.2, 0.25) is 5.84 Å². The Kier molecular flexibility index (Phi) is 1.89. The third kappa shape index (κ3) is 1.30. The number of carbonyl (C=O) groups is 1. The summed E-state index contributed by atoms with van der Waals surface area (Å²) in [5.41, 5.74) is 0.0138. The maximum absolute atomic E-state index is 11.5. The minimum absolute atomic E-state index is 0.0138. The van der Waals surface area contributed by atoms with E-state index in [4.69, 9.17) is 0 Å². The van der Waals surface area contributed by atoms with Crippen molar-refractivity contribution in [2.75, 3.05) is 0 Å². The molecule has 0 radical (unpaired) electrons. The molecule has 6 nitrogen and oxygen atoms in total. The zero-order valence-corrected chi connectivity index (χ0v) is 6.89. The summed E-state index contributed by atoms with van der Waals surface area (Å²) in [6, 6.07) is 0. The second-order valence-electron chi connectivity index (χ2n) is 2.45. The Morgan fingerprint density at radius 1 is 1.50 bits per heavy atom. The van der Waals surface area contributed by atoms with Crippen molar-refractivity contribution < 1.29 is 9.59 Å². The molecule has 0 aromatic carbocycles. The molecule has 2 heterocycles. The van der Waals surface area contributed by atoms with E-state index in [-0.39, 0.29) is 17.4 Å². The van der Waals surface area contributed by atoms with Crippen LogP contribution in [0.2, 0.25) is 0 Å². The zero-order valence-electron chi connectivity index (χ0n) is 6.89. The number of H-pyrrole nitrogens is 1. The lowest BCUT2D eigenvalue weighted by atomic mass is 10.3. The van der Waals surface area contributed by atoms with E-state index in [1.807, 2.05) is 0 Å². The zero-order chi connectivity index (χ0) is 9.97. The van der Waals surface area contributed by atoms with Gasteiger partial charge >= 0.3 is 0 Å². The molecule has 0 fully saturated rings. The van der Waals surface area contributed by atoms with Crippen LogP contribution in [0.4, 0.5) is 0 Å². The molecule has 0 aliphatic carbocycles. The number of rotatable bonds is 2. The predicted octanol–water partition coefficient (Wildman–Crippen LogP) is -0.209. The van der Waals surface area contributed by atoms with Gasteiger partial charge in [0.05, 0.1) is 6.21 Å². The Hall–Kier alpha value is -2.33. The number of amidine groups is 1. The number of aromatic nitrogens is 2. The lowest BCUT2D eigenvalue weighted by Gasteiger charge is -1.90. The van der Waals surface area contributed by atoms with Crippen molar-refractivity contribution in [2.24, 2.45) is 9.98 Å². The normalized spacial score (nSPS) is 14.0. The van der Waals surface area contributed by atoms with Crippen molar-refractivity contribution in [2.45, 2.75) is 0 Å². The fraction of sp³-hybridized carbons (Fsp3) is 0. The molecule has 0 saturated carbocycles. The van der Waals surface area contributed by atoms with Crippen molar-refractivity contribution >= 4 is 23.8 Å². The summed E-state index contributed by atoms with van der Waals surface area (Å²) in [7, 11) is 0. The molecule has 0 saturated heterocycles. The number of imidazole rings is 1. The average molecular weight is 188 g/mol. The monoisotopic (exact) mass is 188 g/mol. The van der Waals surface area contributed by atoms with Gasteiger partial charge in [-0.1, -0.05) is 0 Å². The molecular formula is C8H4N4O2. The van der Waals surface area contributed by atoms with Crippen molar-refractivity contribution in [1.29, 1.82) is 0 Å². The topological polar surface area (TPSA) is 87.5 Å². The molecule has 1 N–H and O–H groups in total.